The number of methoxy groups -OCH3 is 2. The van der Waals surface area contributed by atoms with Gasteiger partial charge in [0, 0.05) is 40.2 Å². The highest BCUT2D eigenvalue weighted by molar-refractivity contribution is 7.80. The summed E-state index contributed by atoms with van der Waals surface area (Å²) in [6.45, 7) is 3.32. The molecule has 6 nitrogen and oxygen atoms in total. The first-order valence-corrected chi connectivity index (χ1v) is 10.2. The lowest BCUT2D eigenvalue weighted by Gasteiger charge is -2.20. The number of carbonyl (C=O) groups excluding carboxylic acids is 1. The van der Waals surface area contributed by atoms with Crippen molar-refractivity contribution in [1.29, 1.82) is 0 Å². The lowest BCUT2D eigenvalue weighted by atomic mass is 10.1. The molecular weight excluding hydrogens is 408 g/mol. The average Bonchev–Trinajstić information content (AvgIpc) is 2.71. The Hall–Kier alpha value is -2.19. The zero-order valence-electron chi connectivity index (χ0n) is 16.9. The second-order valence-corrected chi connectivity index (χ2v) is 7.37. The van der Waals surface area contributed by atoms with Gasteiger partial charge < -0.3 is 24.8 Å². The number of rotatable bonds is 11. The third-order valence-corrected chi connectivity index (χ3v) is 5.07. The molecule has 0 amide bonds. The predicted octanol–water partition coefficient (Wildman–Crippen LogP) is 4.37. The fourth-order valence-electron chi connectivity index (χ4n) is 2.76. The van der Waals surface area contributed by atoms with Crippen LogP contribution in [0.2, 0.25) is 0 Å². The van der Waals surface area contributed by atoms with Crippen LogP contribution in [0.25, 0.3) is 0 Å². The Labute approximate surface area is 183 Å². The topological polar surface area (TPSA) is 68.8 Å². The Morgan fingerprint density at radius 2 is 1.41 bits per heavy atom. The minimum Gasteiger partial charge on any atom is -0.497 e. The number of carbonyl (C=O) groups is 1. The normalized spacial score (nSPS) is 10.6. The molecule has 2 aromatic rings. The van der Waals surface area contributed by atoms with E-state index in [4.69, 9.17) is 14.2 Å². The van der Waals surface area contributed by atoms with Gasteiger partial charge in [-0.3, -0.25) is 4.79 Å². The third kappa shape index (κ3) is 7.29. The molecule has 0 saturated carbocycles. The van der Waals surface area contributed by atoms with Crippen molar-refractivity contribution in [2.24, 2.45) is 5.92 Å². The van der Waals surface area contributed by atoms with Gasteiger partial charge in [-0.2, -0.15) is 0 Å². The molecular formula is C21H28N2O4S2. The molecule has 8 heteroatoms. The van der Waals surface area contributed by atoms with E-state index in [2.05, 4.69) is 35.9 Å². The molecule has 2 rings (SSSR count). The molecule has 0 fully saturated rings. The lowest BCUT2D eigenvalue weighted by Crippen LogP contribution is -2.26. The molecule has 2 N–H and O–H groups in total. The number of thiol groups is 2. The molecule has 0 aromatic heterocycles. The minimum atomic E-state index is -0.220. The molecule has 29 heavy (non-hydrogen) atoms. The van der Waals surface area contributed by atoms with Gasteiger partial charge in [-0.25, -0.2) is 0 Å². The molecule has 158 valence electrons. The fraction of sp³-hybridized carbons (Fsp3) is 0.381. The van der Waals surface area contributed by atoms with Crippen molar-refractivity contribution in [3.63, 3.8) is 0 Å². The number of anilines is 2. The van der Waals surface area contributed by atoms with Crippen molar-refractivity contribution in [1.82, 2.24) is 0 Å². The van der Waals surface area contributed by atoms with Crippen molar-refractivity contribution in [2.75, 3.05) is 44.5 Å². The Morgan fingerprint density at radius 3 is 1.79 bits per heavy atom. The Kier molecular flexibility index (Phi) is 9.34. The van der Waals surface area contributed by atoms with Crippen molar-refractivity contribution < 1.29 is 19.0 Å². The quantitative estimate of drug-likeness (QED) is 0.310. The lowest BCUT2D eigenvalue weighted by molar-refractivity contribution is -0.144. The second-order valence-electron chi connectivity index (χ2n) is 6.40. The molecule has 0 spiro atoms. The maximum absolute atomic E-state index is 12.0. The van der Waals surface area contributed by atoms with Gasteiger partial charge in [0.2, 0.25) is 0 Å². The predicted molar refractivity (Wildman–Crippen MR) is 122 cm³/mol. The van der Waals surface area contributed by atoms with Crippen LogP contribution in [0.3, 0.4) is 0 Å². The van der Waals surface area contributed by atoms with Crippen LogP contribution in [0.5, 0.6) is 11.5 Å². The van der Waals surface area contributed by atoms with E-state index >= 15 is 0 Å². The van der Waals surface area contributed by atoms with Gasteiger partial charge in [-0.15, -0.1) is 25.3 Å². The van der Waals surface area contributed by atoms with E-state index in [1.807, 2.05) is 36.4 Å². The highest BCUT2D eigenvalue weighted by Crippen LogP contribution is 2.27. The van der Waals surface area contributed by atoms with Crippen LogP contribution in [-0.4, -0.2) is 39.9 Å². The molecule has 0 aliphatic carbocycles. The van der Waals surface area contributed by atoms with E-state index in [0.717, 1.165) is 32.7 Å². The number of esters is 1. The van der Waals surface area contributed by atoms with Gasteiger partial charge in [0.15, 0.2) is 0 Å². The van der Waals surface area contributed by atoms with Crippen LogP contribution < -0.4 is 20.1 Å². The van der Waals surface area contributed by atoms with Gasteiger partial charge in [0.1, 0.15) is 11.5 Å². The van der Waals surface area contributed by atoms with Crippen molar-refractivity contribution >= 4 is 42.6 Å². The van der Waals surface area contributed by atoms with Crippen LogP contribution in [0.4, 0.5) is 11.4 Å². The Bertz CT molecular complexity index is 760. The first-order valence-electron chi connectivity index (χ1n) is 9.34. The van der Waals surface area contributed by atoms with Crippen molar-refractivity contribution in [3.05, 3.63) is 36.4 Å². The maximum Gasteiger partial charge on any atom is 0.306 e. The largest absolute Gasteiger partial charge is 0.497 e. The molecule has 0 unspecified atom stereocenters. The fourth-order valence-corrected chi connectivity index (χ4v) is 3.32. The summed E-state index contributed by atoms with van der Waals surface area (Å²) in [5, 5.41) is 6.72. The number of hydrogen-bond acceptors (Lipinski definition) is 8. The maximum atomic E-state index is 12.0. The summed E-state index contributed by atoms with van der Waals surface area (Å²) >= 11 is 8.99. The summed E-state index contributed by atoms with van der Waals surface area (Å²) in [5.41, 5.74) is 1.75. The molecule has 0 aliphatic heterocycles. The van der Waals surface area contributed by atoms with Crippen LogP contribution in [-0.2, 0) is 9.53 Å². The zero-order chi connectivity index (χ0) is 21.2. The number of benzene rings is 2. The van der Waals surface area contributed by atoms with E-state index in [9.17, 15) is 4.79 Å². The van der Waals surface area contributed by atoms with Crippen molar-refractivity contribution in [2.45, 2.75) is 23.1 Å². The van der Waals surface area contributed by atoms with Gasteiger partial charge in [0.05, 0.1) is 27.2 Å². The van der Waals surface area contributed by atoms with Crippen LogP contribution in [0.1, 0.15) is 13.3 Å². The molecule has 0 bridgehead atoms. The number of ether oxygens (including phenoxy) is 3. The first-order chi connectivity index (χ1) is 14.0. The highest BCUT2D eigenvalue weighted by atomic mass is 32.1. The summed E-state index contributed by atoms with van der Waals surface area (Å²) in [4.78, 5) is 13.6. The molecule has 0 heterocycles. The van der Waals surface area contributed by atoms with Gasteiger partial charge >= 0.3 is 5.97 Å². The van der Waals surface area contributed by atoms with Crippen LogP contribution in [0, 0.1) is 5.92 Å². The molecule has 0 aliphatic rings. The summed E-state index contributed by atoms with van der Waals surface area (Å²) < 4.78 is 15.5. The molecule has 2 aromatic carbocycles. The summed E-state index contributed by atoms with van der Waals surface area (Å²) in [6, 6.07) is 11.2. The average molecular weight is 437 g/mol. The molecule has 0 saturated heterocycles. The summed E-state index contributed by atoms with van der Waals surface area (Å²) in [6.07, 6.45) is 0.296. The minimum absolute atomic E-state index is 0.00119. The monoisotopic (exact) mass is 436 g/mol. The van der Waals surface area contributed by atoms with Gasteiger partial charge in [-0.05, 0) is 43.3 Å². The van der Waals surface area contributed by atoms with Crippen LogP contribution >= 0.6 is 25.3 Å². The van der Waals surface area contributed by atoms with E-state index in [1.165, 1.54) is 0 Å². The second kappa shape index (κ2) is 11.7. The SMILES string of the molecule is CCOC(=O)CC(CNc1ccc(OC)cc1S)CNc1ccc(OC)cc1S. The summed E-state index contributed by atoms with van der Waals surface area (Å²) in [5.74, 6) is 1.26. The van der Waals surface area contributed by atoms with E-state index in [-0.39, 0.29) is 11.9 Å². The van der Waals surface area contributed by atoms with Crippen molar-refractivity contribution in [3.8, 4) is 11.5 Å². The number of hydrogen-bond donors (Lipinski definition) is 4. The first kappa shape index (κ1) is 23.1. The Morgan fingerprint density at radius 1 is 0.931 bits per heavy atom. The Balaban J connectivity index is 2.03. The van der Waals surface area contributed by atoms with Crippen LogP contribution in [0.15, 0.2) is 46.2 Å². The van der Waals surface area contributed by atoms with E-state index < -0.39 is 0 Å². The van der Waals surface area contributed by atoms with E-state index in [1.54, 1.807) is 21.1 Å². The molecule has 0 radical (unpaired) electrons. The highest BCUT2D eigenvalue weighted by Gasteiger charge is 2.16. The standard InChI is InChI=1S/C21H28N2O4S2/c1-4-27-21(24)9-14(12-22-17-7-5-15(25-2)10-19(17)28)13-23-18-8-6-16(26-3)11-20(18)29/h5-8,10-11,14,22-23,28-29H,4,9,12-13H2,1-3H3. The van der Waals surface area contributed by atoms with E-state index in [0.29, 0.717) is 26.1 Å². The van der Waals surface area contributed by atoms with Gasteiger partial charge in [-0.1, -0.05) is 0 Å². The molecule has 0 atom stereocenters. The zero-order valence-corrected chi connectivity index (χ0v) is 18.7. The van der Waals surface area contributed by atoms with Gasteiger partial charge in [0.25, 0.3) is 0 Å². The smallest absolute Gasteiger partial charge is 0.306 e. The third-order valence-electron chi connectivity index (χ3n) is 4.33. The summed E-state index contributed by atoms with van der Waals surface area (Å²) in [7, 11) is 3.23. The number of nitrogens with one attached hydrogen (secondary N) is 2.